The van der Waals surface area contributed by atoms with Crippen molar-refractivity contribution in [3.05, 3.63) is 29.6 Å². The van der Waals surface area contributed by atoms with Crippen LogP contribution < -0.4 is 4.31 Å². The normalized spacial score (nSPS) is 16.5. The molecule has 19 heavy (non-hydrogen) atoms. The average molecular weight is 285 g/mol. The second-order valence-corrected chi connectivity index (χ2v) is 8.37. The van der Waals surface area contributed by atoms with Crippen LogP contribution in [0.25, 0.3) is 0 Å². The van der Waals surface area contributed by atoms with E-state index in [1.807, 2.05) is 20.8 Å². The summed E-state index contributed by atoms with van der Waals surface area (Å²) in [5.74, 6) is -0.416. The van der Waals surface area contributed by atoms with Gasteiger partial charge in [-0.1, -0.05) is 26.8 Å². The third-order valence-electron chi connectivity index (χ3n) is 3.43. The topological polar surface area (TPSA) is 37.4 Å². The van der Waals surface area contributed by atoms with Gasteiger partial charge in [0.2, 0.25) is 10.0 Å². The van der Waals surface area contributed by atoms with Crippen LogP contribution in [0.5, 0.6) is 0 Å². The zero-order valence-electron chi connectivity index (χ0n) is 11.8. The van der Waals surface area contributed by atoms with Gasteiger partial charge in [0.15, 0.2) is 0 Å². The van der Waals surface area contributed by atoms with Crippen molar-refractivity contribution in [2.24, 2.45) is 0 Å². The standard InChI is InChI=1S/C14H20FNO2S/c1-14(2,3)12-8-5-10(15)9-13(12)16(4)19(17,18)11-6-7-11/h5,8-9,11H,6-7H2,1-4H3. The van der Waals surface area contributed by atoms with Gasteiger partial charge in [0, 0.05) is 7.05 Å². The summed E-state index contributed by atoms with van der Waals surface area (Å²) < 4.78 is 39.3. The molecule has 0 atom stereocenters. The fourth-order valence-electron chi connectivity index (χ4n) is 2.13. The van der Waals surface area contributed by atoms with E-state index in [-0.39, 0.29) is 10.7 Å². The molecule has 0 radical (unpaired) electrons. The van der Waals surface area contributed by atoms with Crippen molar-refractivity contribution in [2.75, 3.05) is 11.4 Å². The predicted molar refractivity (Wildman–Crippen MR) is 75.4 cm³/mol. The first kappa shape index (κ1) is 14.3. The molecule has 0 heterocycles. The lowest BCUT2D eigenvalue weighted by molar-refractivity contribution is 0.578. The van der Waals surface area contributed by atoms with Crippen molar-refractivity contribution >= 4 is 15.7 Å². The third kappa shape index (κ3) is 2.76. The van der Waals surface area contributed by atoms with Crippen LogP contribution in [0.2, 0.25) is 0 Å². The molecule has 0 saturated heterocycles. The van der Waals surface area contributed by atoms with Gasteiger partial charge >= 0.3 is 0 Å². The van der Waals surface area contributed by atoms with Crippen LogP contribution in [0.4, 0.5) is 10.1 Å². The molecule has 1 aliphatic rings. The van der Waals surface area contributed by atoms with Crippen LogP contribution >= 0.6 is 0 Å². The minimum Gasteiger partial charge on any atom is -0.273 e. The number of rotatable bonds is 3. The summed E-state index contributed by atoms with van der Waals surface area (Å²) in [6.45, 7) is 5.96. The lowest BCUT2D eigenvalue weighted by Gasteiger charge is -2.28. The molecule has 0 aliphatic heterocycles. The van der Waals surface area contributed by atoms with Gasteiger partial charge in [-0.05, 0) is 36.0 Å². The van der Waals surface area contributed by atoms with Gasteiger partial charge in [0.05, 0.1) is 10.9 Å². The molecule has 1 aromatic rings. The Hall–Kier alpha value is -1.10. The van der Waals surface area contributed by atoms with Gasteiger partial charge in [-0.25, -0.2) is 12.8 Å². The lowest BCUT2D eigenvalue weighted by Crippen LogP contribution is -2.32. The molecular weight excluding hydrogens is 265 g/mol. The first-order chi connectivity index (χ1) is 8.64. The van der Waals surface area contributed by atoms with Crippen LogP contribution in [-0.4, -0.2) is 20.7 Å². The molecular formula is C14H20FNO2S. The molecule has 5 heteroatoms. The predicted octanol–water partition coefficient (Wildman–Crippen LogP) is 3.05. The molecule has 1 aromatic carbocycles. The largest absolute Gasteiger partial charge is 0.273 e. The summed E-state index contributed by atoms with van der Waals surface area (Å²) in [5, 5.41) is -0.298. The van der Waals surface area contributed by atoms with Crippen LogP contribution in [0.3, 0.4) is 0 Å². The van der Waals surface area contributed by atoms with E-state index in [9.17, 15) is 12.8 Å². The maximum atomic E-state index is 13.5. The Balaban J connectivity index is 2.52. The minimum absolute atomic E-state index is 0.240. The van der Waals surface area contributed by atoms with Gasteiger partial charge in [-0.2, -0.15) is 0 Å². The Labute approximate surface area is 114 Å². The molecule has 0 spiro atoms. The number of sulfonamides is 1. The number of benzene rings is 1. The molecule has 3 nitrogen and oxygen atoms in total. The maximum Gasteiger partial charge on any atom is 0.237 e. The van der Waals surface area contributed by atoms with Crippen molar-refractivity contribution < 1.29 is 12.8 Å². The van der Waals surface area contributed by atoms with Crippen molar-refractivity contribution in [2.45, 2.75) is 44.3 Å². The van der Waals surface area contributed by atoms with E-state index in [4.69, 9.17) is 0 Å². The quantitative estimate of drug-likeness (QED) is 0.856. The zero-order chi connectivity index (χ0) is 14.4. The number of anilines is 1. The van der Waals surface area contributed by atoms with E-state index in [0.717, 1.165) is 5.56 Å². The summed E-state index contributed by atoms with van der Waals surface area (Å²) in [6, 6.07) is 4.35. The van der Waals surface area contributed by atoms with Crippen molar-refractivity contribution in [3.8, 4) is 0 Å². The van der Waals surface area contributed by atoms with Gasteiger partial charge in [-0.15, -0.1) is 0 Å². The number of nitrogens with zero attached hydrogens (tertiary/aromatic N) is 1. The van der Waals surface area contributed by atoms with Crippen LogP contribution in [0.15, 0.2) is 18.2 Å². The van der Waals surface area contributed by atoms with E-state index in [2.05, 4.69) is 0 Å². The van der Waals surface area contributed by atoms with E-state index in [0.29, 0.717) is 18.5 Å². The Morgan fingerprint density at radius 1 is 1.26 bits per heavy atom. The first-order valence-corrected chi connectivity index (χ1v) is 7.92. The van der Waals surface area contributed by atoms with Gasteiger partial charge in [0.25, 0.3) is 0 Å². The van der Waals surface area contributed by atoms with Crippen LogP contribution in [0.1, 0.15) is 39.2 Å². The summed E-state index contributed by atoms with van der Waals surface area (Å²) in [4.78, 5) is 0. The fraction of sp³-hybridized carbons (Fsp3) is 0.571. The van der Waals surface area contributed by atoms with Gasteiger partial charge in [0.1, 0.15) is 5.82 Å². The molecule has 0 bridgehead atoms. The molecule has 1 aliphatic carbocycles. The van der Waals surface area contributed by atoms with E-state index in [1.165, 1.54) is 23.5 Å². The van der Waals surface area contributed by atoms with Gasteiger partial charge in [-0.3, -0.25) is 4.31 Å². The Morgan fingerprint density at radius 3 is 2.32 bits per heavy atom. The average Bonchev–Trinajstić information content (AvgIpc) is 3.10. The van der Waals surface area contributed by atoms with Crippen LogP contribution in [-0.2, 0) is 15.4 Å². The molecule has 106 valence electrons. The second-order valence-electron chi connectivity index (χ2n) is 6.12. The highest BCUT2D eigenvalue weighted by molar-refractivity contribution is 7.93. The molecule has 0 aromatic heterocycles. The van der Waals surface area contributed by atoms with Gasteiger partial charge < -0.3 is 0 Å². The third-order valence-corrected chi connectivity index (χ3v) is 5.71. The van der Waals surface area contributed by atoms with Crippen molar-refractivity contribution in [1.29, 1.82) is 0 Å². The smallest absolute Gasteiger partial charge is 0.237 e. The molecule has 1 fully saturated rings. The number of halogens is 1. The Bertz CT molecular complexity index is 586. The molecule has 1 saturated carbocycles. The highest BCUT2D eigenvalue weighted by Crippen LogP contribution is 2.37. The molecule has 0 amide bonds. The maximum absolute atomic E-state index is 13.5. The Kier molecular flexibility index (Phi) is 3.37. The summed E-state index contributed by atoms with van der Waals surface area (Å²) >= 11 is 0. The monoisotopic (exact) mass is 285 g/mol. The summed E-state index contributed by atoms with van der Waals surface area (Å²) in [5.41, 5.74) is 1.04. The second kappa shape index (κ2) is 4.47. The van der Waals surface area contributed by atoms with Crippen molar-refractivity contribution in [1.82, 2.24) is 0 Å². The van der Waals surface area contributed by atoms with E-state index in [1.54, 1.807) is 6.07 Å². The van der Waals surface area contributed by atoms with E-state index >= 15 is 0 Å². The highest BCUT2D eigenvalue weighted by atomic mass is 32.2. The zero-order valence-corrected chi connectivity index (χ0v) is 12.6. The van der Waals surface area contributed by atoms with Crippen molar-refractivity contribution in [3.63, 3.8) is 0 Å². The number of hydrogen-bond acceptors (Lipinski definition) is 2. The molecule has 0 N–H and O–H groups in total. The lowest BCUT2D eigenvalue weighted by atomic mass is 9.86. The summed E-state index contributed by atoms with van der Waals surface area (Å²) in [7, 11) is -1.84. The SMILES string of the molecule is CN(c1cc(F)ccc1C(C)(C)C)S(=O)(=O)C1CC1. The number of hydrogen-bond donors (Lipinski definition) is 0. The minimum atomic E-state index is -3.35. The first-order valence-electron chi connectivity index (χ1n) is 6.42. The Morgan fingerprint density at radius 2 is 1.84 bits per heavy atom. The van der Waals surface area contributed by atoms with E-state index < -0.39 is 15.8 Å². The highest BCUT2D eigenvalue weighted by Gasteiger charge is 2.40. The fourth-order valence-corrected chi connectivity index (χ4v) is 3.73. The summed E-state index contributed by atoms with van der Waals surface area (Å²) in [6.07, 6.45) is 1.40. The molecule has 0 unspecified atom stereocenters. The van der Waals surface area contributed by atoms with Crippen LogP contribution in [0, 0.1) is 5.82 Å². The molecule has 2 rings (SSSR count).